The van der Waals surface area contributed by atoms with Gasteiger partial charge in [-0.25, -0.2) is 0 Å². The number of hydrogen-bond acceptors (Lipinski definition) is 6. The number of amides is 1. The minimum Gasteiger partial charge on any atom is -0.497 e. The van der Waals surface area contributed by atoms with E-state index >= 15 is 0 Å². The third-order valence-corrected chi connectivity index (χ3v) is 6.47. The molecule has 3 heterocycles. The number of benzene rings is 2. The molecule has 170 valence electrons. The number of methoxy groups -OCH3 is 1. The number of carbonyl (C=O) groups excluding carboxylic acids is 1. The summed E-state index contributed by atoms with van der Waals surface area (Å²) < 4.78 is 18.7. The summed E-state index contributed by atoms with van der Waals surface area (Å²) in [6.07, 6.45) is -0.466. The molecule has 0 bridgehead atoms. The van der Waals surface area contributed by atoms with Gasteiger partial charge in [0.05, 0.1) is 20.3 Å². The summed E-state index contributed by atoms with van der Waals surface area (Å²) in [5, 5.41) is 5.19. The quantitative estimate of drug-likeness (QED) is 0.470. The second-order valence-electron chi connectivity index (χ2n) is 8.30. The van der Waals surface area contributed by atoms with Crippen LogP contribution in [0.25, 0.3) is 22.3 Å². The van der Waals surface area contributed by atoms with Crippen LogP contribution in [0.3, 0.4) is 0 Å². The Morgan fingerprint density at radius 2 is 1.94 bits per heavy atom. The van der Waals surface area contributed by atoms with E-state index < -0.39 is 6.10 Å². The molecule has 1 fully saturated rings. The van der Waals surface area contributed by atoms with Crippen molar-refractivity contribution in [2.24, 2.45) is 7.05 Å². The van der Waals surface area contributed by atoms with Crippen molar-refractivity contribution in [1.82, 2.24) is 19.6 Å². The molecule has 0 N–H and O–H groups in total. The Labute approximate surface area is 191 Å². The molecule has 0 radical (unpaired) electrons. The lowest BCUT2D eigenvalue weighted by atomic mass is 10.1. The Hall–Kier alpha value is -3.65. The first-order chi connectivity index (χ1) is 16.0. The maximum atomic E-state index is 13.3. The van der Waals surface area contributed by atoms with Crippen LogP contribution in [0.15, 0.2) is 47.0 Å². The van der Waals surface area contributed by atoms with E-state index in [0.29, 0.717) is 37.0 Å². The largest absolute Gasteiger partial charge is 0.497 e. The lowest BCUT2D eigenvalue weighted by molar-refractivity contribution is -0.0367. The van der Waals surface area contributed by atoms with Crippen molar-refractivity contribution < 1.29 is 18.8 Å². The predicted octanol–water partition coefficient (Wildman–Crippen LogP) is 4.07. The van der Waals surface area contributed by atoms with Crippen LogP contribution in [0, 0.1) is 13.8 Å². The van der Waals surface area contributed by atoms with E-state index in [1.165, 1.54) is 11.3 Å². The van der Waals surface area contributed by atoms with E-state index in [4.69, 9.17) is 14.0 Å². The van der Waals surface area contributed by atoms with E-state index in [1.54, 1.807) is 12.0 Å². The number of rotatable bonds is 4. The van der Waals surface area contributed by atoms with Crippen molar-refractivity contribution in [3.8, 4) is 17.1 Å². The van der Waals surface area contributed by atoms with Gasteiger partial charge in [-0.05, 0) is 61.9 Å². The van der Waals surface area contributed by atoms with Crippen LogP contribution in [0.1, 0.15) is 33.6 Å². The van der Waals surface area contributed by atoms with Gasteiger partial charge in [-0.3, -0.25) is 4.79 Å². The van der Waals surface area contributed by atoms with Gasteiger partial charge >= 0.3 is 0 Å². The van der Waals surface area contributed by atoms with Crippen molar-refractivity contribution in [1.29, 1.82) is 0 Å². The first-order valence-electron chi connectivity index (χ1n) is 10.9. The van der Waals surface area contributed by atoms with Crippen LogP contribution < -0.4 is 4.74 Å². The zero-order valence-corrected chi connectivity index (χ0v) is 19.2. The van der Waals surface area contributed by atoms with Crippen molar-refractivity contribution in [3.63, 3.8) is 0 Å². The number of ether oxygens (including phenoxy) is 2. The summed E-state index contributed by atoms with van der Waals surface area (Å²) in [5.74, 6) is 1.57. The van der Waals surface area contributed by atoms with Crippen LogP contribution in [0.4, 0.5) is 0 Å². The number of aryl methyl sites for hydroxylation is 2. The Balaban J connectivity index is 1.34. The molecule has 5 rings (SSSR count). The zero-order valence-electron chi connectivity index (χ0n) is 19.2. The molecule has 1 aliphatic heterocycles. The Morgan fingerprint density at radius 3 is 2.70 bits per heavy atom. The van der Waals surface area contributed by atoms with Crippen LogP contribution in [0.2, 0.25) is 0 Å². The summed E-state index contributed by atoms with van der Waals surface area (Å²) >= 11 is 0. The normalized spacial score (nSPS) is 16.4. The molecule has 2 aromatic heterocycles. The molecule has 8 nitrogen and oxygen atoms in total. The smallest absolute Gasteiger partial charge is 0.257 e. The minimum atomic E-state index is -0.466. The lowest BCUT2D eigenvalue weighted by Gasteiger charge is -2.31. The van der Waals surface area contributed by atoms with E-state index in [9.17, 15) is 4.79 Å². The number of nitrogens with zero attached hydrogens (tertiary/aromatic N) is 4. The summed E-state index contributed by atoms with van der Waals surface area (Å²) in [6, 6.07) is 13.3. The number of hydrogen-bond donors (Lipinski definition) is 0. The van der Waals surface area contributed by atoms with Crippen molar-refractivity contribution in [3.05, 3.63) is 65.2 Å². The summed E-state index contributed by atoms with van der Waals surface area (Å²) in [5.41, 5.74) is 5.00. The monoisotopic (exact) mass is 446 g/mol. The fourth-order valence-corrected chi connectivity index (χ4v) is 4.28. The standard InChI is InChI=1S/C25H26N4O4/c1-15-16(2)28(3)21-10-7-18(13-20(15)21)25(30)29-11-12-32-22(14-29)24-26-23(27-33-24)17-5-8-19(31-4)9-6-17/h5-10,13,22H,11-12,14H2,1-4H3/t22-/m1/s1. The fraction of sp³-hybridized carbons (Fsp3) is 0.320. The molecule has 1 saturated heterocycles. The van der Waals surface area contributed by atoms with Gasteiger partial charge in [0.25, 0.3) is 11.8 Å². The highest BCUT2D eigenvalue weighted by molar-refractivity contribution is 5.99. The minimum absolute atomic E-state index is 0.0269. The summed E-state index contributed by atoms with van der Waals surface area (Å²) in [7, 11) is 3.67. The van der Waals surface area contributed by atoms with Crippen molar-refractivity contribution >= 4 is 16.8 Å². The van der Waals surface area contributed by atoms with Crippen LogP contribution in [0.5, 0.6) is 5.75 Å². The molecule has 1 aliphatic rings. The maximum Gasteiger partial charge on any atom is 0.257 e. The SMILES string of the molecule is COc1ccc(-c2noc([C@H]3CN(C(=O)c4ccc5c(c4)c(C)c(C)n5C)CCO3)n2)cc1. The van der Waals surface area contributed by atoms with Gasteiger partial charge in [0.1, 0.15) is 5.75 Å². The van der Waals surface area contributed by atoms with E-state index in [1.807, 2.05) is 49.5 Å². The predicted molar refractivity (Wildman–Crippen MR) is 123 cm³/mol. The molecular formula is C25H26N4O4. The van der Waals surface area contributed by atoms with Gasteiger partial charge in [-0.2, -0.15) is 4.98 Å². The molecule has 1 atom stereocenters. The lowest BCUT2D eigenvalue weighted by Crippen LogP contribution is -2.42. The first-order valence-corrected chi connectivity index (χ1v) is 10.9. The van der Waals surface area contributed by atoms with E-state index in [0.717, 1.165) is 22.2 Å². The average Bonchev–Trinajstić information content (AvgIpc) is 3.44. The molecule has 33 heavy (non-hydrogen) atoms. The molecule has 4 aromatic rings. The molecule has 0 saturated carbocycles. The third-order valence-electron chi connectivity index (χ3n) is 6.47. The van der Waals surface area contributed by atoms with E-state index in [-0.39, 0.29) is 5.91 Å². The van der Waals surface area contributed by atoms with Crippen LogP contribution >= 0.6 is 0 Å². The van der Waals surface area contributed by atoms with Crippen molar-refractivity contribution in [2.45, 2.75) is 20.0 Å². The number of morpholine rings is 1. The second-order valence-corrected chi connectivity index (χ2v) is 8.30. The van der Waals surface area contributed by atoms with Gasteiger partial charge in [0.15, 0.2) is 6.10 Å². The summed E-state index contributed by atoms with van der Waals surface area (Å²) in [4.78, 5) is 19.6. The highest BCUT2D eigenvalue weighted by Crippen LogP contribution is 2.28. The maximum absolute atomic E-state index is 13.3. The number of aromatic nitrogens is 3. The molecule has 0 aliphatic carbocycles. The van der Waals surface area contributed by atoms with Gasteiger partial charge in [0.2, 0.25) is 5.82 Å². The molecule has 0 unspecified atom stereocenters. The van der Waals surface area contributed by atoms with Gasteiger partial charge in [-0.15, -0.1) is 0 Å². The molecular weight excluding hydrogens is 420 g/mol. The first kappa shape index (κ1) is 21.2. The Kier molecular flexibility index (Phi) is 5.38. The topological polar surface area (TPSA) is 82.6 Å². The van der Waals surface area contributed by atoms with Gasteiger partial charge in [-0.1, -0.05) is 5.16 Å². The Bertz CT molecular complexity index is 1320. The Morgan fingerprint density at radius 1 is 1.15 bits per heavy atom. The number of carbonyl (C=O) groups is 1. The highest BCUT2D eigenvalue weighted by atomic mass is 16.5. The number of fused-ring (bicyclic) bond motifs is 1. The van der Waals surface area contributed by atoms with Crippen LogP contribution in [-0.2, 0) is 11.8 Å². The van der Waals surface area contributed by atoms with Gasteiger partial charge < -0.3 is 23.5 Å². The zero-order chi connectivity index (χ0) is 23.1. The van der Waals surface area contributed by atoms with Crippen LogP contribution in [-0.4, -0.2) is 52.3 Å². The third kappa shape index (κ3) is 3.76. The molecule has 1 amide bonds. The molecule has 2 aromatic carbocycles. The molecule has 8 heteroatoms. The van der Waals surface area contributed by atoms with Crippen molar-refractivity contribution in [2.75, 3.05) is 26.8 Å². The highest BCUT2D eigenvalue weighted by Gasteiger charge is 2.30. The average molecular weight is 447 g/mol. The fourth-order valence-electron chi connectivity index (χ4n) is 4.28. The van der Waals surface area contributed by atoms with Gasteiger partial charge in [0, 0.05) is 41.3 Å². The van der Waals surface area contributed by atoms with E-state index in [2.05, 4.69) is 28.6 Å². The summed E-state index contributed by atoms with van der Waals surface area (Å²) in [6.45, 7) is 5.45. The second kappa shape index (κ2) is 8.37. The molecule has 0 spiro atoms.